The SMILES string of the molecule is [Sn][CH2]C1CC1. The summed E-state index contributed by atoms with van der Waals surface area (Å²) >= 11 is 1.73. The van der Waals surface area contributed by atoms with E-state index in [1.54, 1.807) is 22.5 Å². The van der Waals surface area contributed by atoms with Gasteiger partial charge in [0.2, 0.25) is 0 Å². The maximum absolute atomic E-state index is 1.73. The summed E-state index contributed by atoms with van der Waals surface area (Å²) in [5.74, 6) is 1.17. The second-order valence-corrected chi connectivity index (χ2v) is 2.81. The molecular weight excluding hydrogens is 167 g/mol. The van der Waals surface area contributed by atoms with E-state index in [9.17, 15) is 0 Å². The normalized spacial score (nSPS) is 23.4. The van der Waals surface area contributed by atoms with Crippen molar-refractivity contribution in [3.05, 3.63) is 0 Å². The Morgan fingerprint density at radius 2 is 2.20 bits per heavy atom. The molecule has 0 spiro atoms. The molecule has 0 saturated heterocycles. The molecule has 0 nitrogen and oxygen atoms in total. The Hall–Kier alpha value is 0.799. The van der Waals surface area contributed by atoms with Crippen LogP contribution in [0.3, 0.4) is 0 Å². The molecule has 0 unspecified atom stereocenters. The average Bonchev–Trinajstić information content (AvgIpc) is 2.12. The molecule has 0 aromatic carbocycles. The molecule has 1 heteroatoms. The Kier molecular flexibility index (Phi) is 1.19. The molecular formula is C4H7Sn. The van der Waals surface area contributed by atoms with Crippen LogP contribution in [0.5, 0.6) is 0 Å². The zero-order valence-electron chi connectivity index (χ0n) is 3.20. The van der Waals surface area contributed by atoms with E-state index in [-0.39, 0.29) is 0 Å². The van der Waals surface area contributed by atoms with Crippen molar-refractivity contribution in [2.45, 2.75) is 17.3 Å². The van der Waals surface area contributed by atoms with E-state index < -0.39 is 0 Å². The molecule has 0 heterocycles. The van der Waals surface area contributed by atoms with Crippen LogP contribution in [0.15, 0.2) is 0 Å². The second-order valence-electron chi connectivity index (χ2n) is 1.65. The summed E-state index contributed by atoms with van der Waals surface area (Å²) in [7, 11) is 0. The fraction of sp³-hybridized carbons (Fsp3) is 1.00. The molecule has 0 N–H and O–H groups in total. The van der Waals surface area contributed by atoms with Gasteiger partial charge in [0.05, 0.1) is 0 Å². The first-order valence-corrected chi connectivity index (χ1v) is 4.10. The summed E-state index contributed by atoms with van der Waals surface area (Å²) in [6.07, 6.45) is 3.07. The monoisotopic (exact) mass is 175 g/mol. The van der Waals surface area contributed by atoms with Crippen molar-refractivity contribution in [3.8, 4) is 0 Å². The van der Waals surface area contributed by atoms with Crippen LogP contribution in [0, 0.1) is 5.92 Å². The first kappa shape index (κ1) is 3.97. The van der Waals surface area contributed by atoms with Crippen LogP contribution in [-0.2, 0) is 0 Å². The summed E-state index contributed by atoms with van der Waals surface area (Å²) in [5.41, 5.74) is 0. The van der Waals surface area contributed by atoms with Gasteiger partial charge in [-0.05, 0) is 0 Å². The zero-order valence-corrected chi connectivity index (χ0v) is 6.05. The van der Waals surface area contributed by atoms with Crippen molar-refractivity contribution in [2.75, 3.05) is 0 Å². The van der Waals surface area contributed by atoms with Gasteiger partial charge < -0.3 is 0 Å². The van der Waals surface area contributed by atoms with Gasteiger partial charge in [0.15, 0.2) is 0 Å². The molecule has 0 atom stereocenters. The van der Waals surface area contributed by atoms with Gasteiger partial charge in [-0.2, -0.15) is 0 Å². The molecule has 1 fully saturated rings. The fourth-order valence-corrected chi connectivity index (χ4v) is 1.49. The van der Waals surface area contributed by atoms with E-state index in [2.05, 4.69) is 0 Å². The van der Waals surface area contributed by atoms with Crippen LogP contribution in [0.4, 0.5) is 0 Å². The third-order valence-electron chi connectivity index (χ3n) is 0.986. The fourth-order valence-electron chi connectivity index (χ4n) is 0.322. The van der Waals surface area contributed by atoms with Gasteiger partial charge in [-0.15, -0.1) is 0 Å². The van der Waals surface area contributed by atoms with E-state index in [1.807, 2.05) is 0 Å². The van der Waals surface area contributed by atoms with Crippen LogP contribution in [0.25, 0.3) is 0 Å². The molecule has 1 rings (SSSR count). The topological polar surface area (TPSA) is 0 Å². The molecule has 3 radical (unpaired) electrons. The van der Waals surface area contributed by atoms with Crippen LogP contribution in [0.2, 0.25) is 4.44 Å². The third kappa shape index (κ3) is 1.12. The molecule has 0 aliphatic heterocycles. The van der Waals surface area contributed by atoms with Crippen molar-refractivity contribution in [1.82, 2.24) is 0 Å². The number of hydrogen-bond acceptors (Lipinski definition) is 0. The Morgan fingerprint density at radius 1 is 1.60 bits per heavy atom. The summed E-state index contributed by atoms with van der Waals surface area (Å²) < 4.78 is 1.51. The van der Waals surface area contributed by atoms with Crippen LogP contribution in [0.1, 0.15) is 12.8 Å². The predicted octanol–water partition coefficient (Wildman–Crippen LogP) is 0.983. The van der Waals surface area contributed by atoms with Crippen LogP contribution < -0.4 is 0 Å². The van der Waals surface area contributed by atoms with Gasteiger partial charge in [0.25, 0.3) is 0 Å². The molecule has 5 heavy (non-hydrogen) atoms. The van der Waals surface area contributed by atoms with Crippen LogP contribution >= 0.6 is 0 Å². The Morgan fingerprint density at radius 3 is 2.20 bits per heavy atom. The molecule has 1 saturated carbocycles. The molecule has 27 valence electrons. The summed E-state index contributed by atoms with van der Waals surface area (Å²) in [4.78, 5) is 0. The van der Waals surface area contributed by atoms with E-state index in [0.717, 1.165) is 0 Å². The second kappa shape index (κ2) is 1.50. The summed E-state index contributed by atoms with van der Waals surface area (Å²) in [6.45, 7) is 0. The maximum atomic E-state index is 1.73. The van der Waals surface area contributed by atoms with E-state index in [0.29, 0.717) is 0 Å². The van der Waals surface area contributed by atoms with Gasteiger partial charge >= 0.3 is 45.7 Å². The molecule has 1 aliphatic carbocycles. The quantitative estimate of drug-likeness (QED) is 0.519. The van der Waals surface area contributed by atoms with E-state index in [4.69, 9.17) is 0 Å². The zero-order chi connectivity index (χ0) is 3.70. The van der Waals surface area contributed by atoms with Crippen molar-refractivity contribution in [2.24, 2.45) is 5.92 Å². The molecule has 0 bridgehead atoms. The van der Waals surface area contributed by atoms with Crippen molar-refractivity contribution < 1.29 is 0 Å². The average molecular weight is 174 g/mol. The standard InChI is InChI=1S/C4H7.Sn/c1-4-2-3-4;/h4H,1-3H2;. The number of hydrogen-bond donors (Lipinski definition) is 0. The Bertz CT molecular complexity index is 30.6. The molecule has 0 amide bonds. The Labute approximate surface area is 46.0 Å². The molecule has 0 aromatic heterocycles. The summed E-state index contributed by atoms with van der Waals surface area (Å²) in [5, 5.41) is 0. The third-order valence-corrected chi connectivity index (χ3v) is 2.63. The van der Waals surface area contributed by atoms with Gasteiger partial charge in [0, 0.05) is 0 Å². The Balaban J connectivity index is 2.00. The minimum atomic E-state index is 1.17. The van der Waals surface area contributed by atoms with Crippen molar-refractivity contribution >= 4 is 22.5 Å². The molecule has 0 aromatic rings. The van der Waals surface area contributed by atoms with Crippen molar-refractivity contribution in [1.29, 1.82) is 0 Å². The first-order valence-electron chi connectivity index (χ1n) is 2.08. The van der Waals surface area contributed by atoms with E-state index in [1.165, 1.54) is 23.2 Å². The van der Waals surface area contributed by atoms with Crippen LogP contribution in [-0.4, -0.2) is 22.5 Å². The van der Waals surface area contributed by atoms with Gasteiger partial charge in [-0.3, -0.25) is 0 Å². The number of rotatable bonds is 1. The first-order chi connectivity index (χ1) is 2.43. The summed E-state index contributed by atoms with van der Waals surface area (Å²) in [6, 6.07) is 0. The van der Waals surface area contributed by atoms with Gasteiger partial charge in [-0.1, -0.05) is 0 Å². The van der Waals surface area contributed by atoms with Gasteiger partial charge in [0.1, 0.15) is 0 Å². The predicted molar refractivity (Wildman–Crippen MR) is 23.3 cm³/mol. The van der Waals surface area contributed by atoms with E-state index >= 15 is 0 Å². The van der Waals surface area contributed by atoms with Crippen molar-refractivity contribution in [3.63, 3.8) is 0 Å². The molecule has 1 aliphatic rings. The minimum absolute atomic E-state index is 1.17. The van der Waals surface area contributed by atoms with Gasteiger partial charge in [-0.25, -0.2) is 0 Å².